The third kappa shape index (κ3) is 2.69. The summed E-state index contributed by atoms with van der Waals surface area (Å²) in [6.45, 7) is 6.25. The molecule has 0 aliphatic heterocycles. The van der Waals surface area contributed by atoms with Crippen molar-refractivity contribution in [2.45, 2.75) is 39.3 Å². The number of aryl methyl sites for hydroxylation is 1. The normalized spacial score (nSPS) is 24.6. The summed E-state index contributed by atoms with van der Waals surface area (Å²) >= 11 is 4.96. The van der Waals surface area contributed by atoms with Crippen molar-refractivity contribution in [3.8, 4) is 0 Å². The Balaban J connectivity index is 2.15. The third-order valence-corrected chi connectivity index (χ3v) is 4.08. The molecular weight excluding hydrogens is 260 g/mol. The lowest BCUT2D eigenvalue weighted by Crippen LogP contribution is -2.57. The van der Waals surface area contributed by atoms with Crippen LogP contribution in [0.25, 0.3) is 0 Å². The zero-order valence-corrected chi connectivity index (χ0v) is 12.5. The molecule has 1 fully saturated rings. The molecule has 6 heteroatoms. The molecule has 0 amide bonds. The molecule has 0 radical (unpaired) electrons. The van der Waals surface area contributed by atoms with E-state index in [-0.39, 0.29) is 16.5 Å². The number of hydrogen-bond donors (Lipinski definition) is 2. The Labute approximate surface area is 119 Å². The Kier molecular flexibility index (Phi) is 3.73. The minimum atomic E-state index is 0.0608. The first-order chi connectivity index (χ1) is 8.84. The summed E-state index contributed by atoms with van der Waals surface area (Å²) in [4.78, 5) is 9.01. The lowest BCUT2D eigenvalue weighted by Gasteiger charge is -2.51. The van der Waals surface area contributed by atoms with Crippen molar-refractivity contribution in [2.75, 3.05) is 12.4 Å². The summed E-state index contributed by atoms with van der Waals surface area (Å²) in [5, 5.41) is 3.35. The monoisotopic (exact) mass is 280 g/mol. The maximum absolute atomic E-state index is 5.62. The second-order valence-corrected chi connectivity index (χ2v) is 6.00. The molecule has 3 N–H and O–H groups in total. The van der Waals surface area contributed by atoms with E-state index in [2.05, 4.69) is 29.1 Å². The number of nitrogens with two attached hydrogens (primary N) is 1. The summed E-state index contributed by atoms with van der Waals surface area (Å²) in [7, 11) is 1.75. The Morgan fingerprint density at radius 1 is 1.53 bits per heavy atom. The van der Waals surface area contributed by atoms with Gasteiger partial charge in [-0.1, -0.05) is 26.1 Å². The van der Waals surface area contributed by atoms with Crippen LogP contribution in [0.3, 0.4) is 0 Å². The highest BCUT2D eigenvalue weighted by Crippen LogP contribution is 2.43. The van der Waals surface area contributed by atoms with Crippen LogP contribution >= 0.6 is 12.2 Å². The maximum atomic E-state index is 5.62. The van der Waals surface area contributed by atoms with E-state index >= 15 is 0 Å². The molecular formula is C13H20N4OS. The van der Waals surface area contributed by atoms with E-state index in [4.69, 9.17) is 22.7 Å². The number of nitrogens with zero attached hydrogens (tertiary/aromatic N) is 2. The van der Waals surface area contributed by atoms with Crippen LogP contribution in [-0.4, -0.2) is 34.2 Å². The molecule has 0 bridgehead atoms. The Morgan fingerprint density at radius 2 is 2.21 bits per heavy atom. The van der Waals surface area contributed by atoms with Crippen molar-refractivity contribution in [1.82, 2.24) is 9.97 Å². The predicted octanol–water partition coefficient (Wildman–Crippen LogP) is 1.64. The van der Waals surface area contributed by atoms with Crippen LogP contribution in [0.1, 0.15) is 31.7 Å². The average molecular weight is 280 g/mol. The smallest absolute Gasteiger partial charge is 0.223 e. The number of rotatable bonds is 4. The molecule has 0 spiro atoms. The molecule has 0 saturated heterocycles. The molecule has 2 unspecified atom stereocenters. The molecule has 5 nitrogen and oxygen atoms in total. The highest BCUT2D eigenvalue weighted by molar-refractivity contribution is 7.80. The van der Waals surface area contributed by atoms with Crippen LogP contribution in [0, 0.1) is 12.3 Å². The fourth-order valence-electron chi connectivity index (χ4n) is 2.45. The zero-order valence-electron chi connectivity index (χ0n) is 11.7. The minimum Gasteiger partial charge on any atom is -0.388 e. The number of ether oxygens (including phenoxy) is 1. The van der Waals surface area contributed by atoms with E-state index in [1.807, 2.05) is 6.92 Å². The SMILES string of the molecule is COC1CC(Nc2nc(C)cc(C(N)=S)n2)C1(C)C. The molecule has 1 aliphatic rings. The third-order valence-electron chi connectivity index (χ3n) is 3.87. The Bertz CT molecular complexity index is 503. The van der Waals surface area contributed by atoms with Gasteiger partial charge in [0.05, 0.1) is 6.10 Å². The predicted molar refractivity (Wildman–Crippen MR) is 79.3 cm³/mol. The molecule has 1 aromatic rings. The first-order valence-electron chi connectivity index (χ1n) is 6.29. The van der Waals surface area contributed by atoms with Crippen molar-refractivity contribution < 1.29 is 4.74 Å². The van der Waals surface area contributed by atoms with Gasteiger partial charge in [0.15, 0.2) is 0 Å². The van der Waals surface area contributed by atoms with Gasteiger partial charge in [-0.25, -0.2) is 9.97 Å². The van der Waals surface area contributed by atoms with Gasteiger partial charge in [0.25, 0.3) is 0 Å². The second-order valence-electron chi connectivity index (χ2n) is 5.56. The van der Waals surface area contributed by atoms with Gasteiger partial charge in [0, 0.05) is 24.3 Å². The molecule has 2 rings (SSSR count). The molecule has 19 heavy (non-hydrogen) atoms. The summed E-state index contributed by atoms with van der Waals surface area (Å²) in [6, 6.07) is 2.08. The highest BCUT2D eigenvalue weighted by atomic mass is 32.1. The molecule has 0 aromatic carbocycles. The Hall–Kier alpha value is -1.27. The molecule has 1 heterocycles. The molecule has 1 aliphatic carbocycles. The summed E-state index contributed by atoms with van der Waals surface area (Å²) in [5.41, 5.74) is 7.13. The quantitative estimate of drug-likeness (QED) is 0.817. The van der Waals surface area contributed by atoms with Gasteiger partial charge in [0.1, 0.15) is 10.7 Å². The van der Waals surface area contributed by atoms with Crippen molar-refractivity contribution in [1.29, 1.82) is 0 Å². The molecule has 1 aromatic heterocycles. The summed E-state index contributed by atoms with van der Waals surface area (Å²) < 4.78 is 5.43. The molecule has 1 saturated carbocycles. The van der Waals surface area contributed by atoms with Crippen molar-refractivity contribution in [2.24, 2.45) is 11.1 Å². The van der Waals surface area contributed by atoms with Gasteiger partial charge in [-0.05, 0) is 19.4 Å². The average Bonchev–Trinajstić information content (AvgIpc) is 2.33. The van der Waals surface area contributed by atoms with E-state index in [1.54, 1.807) is 13.2 Å². The lowest BCUT2D eigenvalue weighted by atomic mass is 9.64. The van der Waals surface area contributed by atoms with E-state index in [0.717, 1.165) is 12.1 Å². The van der Waals surface area contributed by atoms with Gasteiger partial charge < -0.3 is 15.8 Å². The van der Waals surface area contributed by atoms with Gasteiger partial charge in [-0.2, -0.15) is 0 Å². The van der Waals surface area contributed by atoms with Crippen LogP contribution in [-0.2, 0) is 4.74 Å². The number of thiocarbonyl (C=S) groups is 1. The number of anilines is 1. The largest absolute Gasteiger partial charge is 0.388 e. The maximum Gasteiger partial charge on any atom is 0.223 e. The lowest BCUT2D eigenvalue weighted by molar-refractivity contribution is -0.0796. The van der Waals surface area contributed by atoms with Crippen molar-refractivity contribution >= 4 is 23.2 Å². The van der Waals surface area contributed by atoms with E-state index in [1.165, 1.54) is 0 Å². The second kappa shape index (κ2) is 5.02. The first-order valence-corrected chi connectivity index (χ1v) is 6.70. The van der Waals surface area contributed by atoms with Crippen LogP contribution in [0.5, 0.6) is 0 Å². The van der Waals surface area contributed by atoms with E-state index in [9.17, 15) is 0 Å². The van der Waals surface area contributed by atoms with Crippen LogP contribution in [0.15, 0.2) is 6.07 Å². The first kappa shape index (κ1) is 14.1. The standard InChI is InChI=1S/C13H20N4OS/c1-7-5-8(11(14)19)16-12(15-7)17-9-6-10(18-4)13(9,2)3/h5,9-10H,6H2,1-4H3,(H2,14,19)(H,15,16,17). The fraction of sp³-hybridized carbons (Fsp3) is 0.615. The van der Waals surface area contributed by atoms with Crippen molar-refractivity contribution in [3.05, 3.63) is 17.5 Å². The van der Waals surface area contributed by atoms with Crippen LogP contribution < -0.4 is 11.1 Å². The zero-order chi connectivity index (χ0) is 14.2. The van der Waals surface area contributed by atoms with Crippen LogP contribution in [0.2, 0.25) is 0 Å². The van der Waals surface area contributed by atoms with Gasteiger partial charge in [0.2, 0.25) is 5.95 Å². The van der Waals surface area contributed by atoms with Gasteiger partial charge in [-0.15, -0.1) is 0 Å². The van der Waals surface area contributed by atoms with E-state index < -0.39 is 0 Å². The number of methoxy groups -OCH3 is 1. The molecule has 2 atom stereocenters. The van der Waals surface area contributed by atoms with Crippen molar-refractivity contribution in [3.63, 3.8) is 0 Å². The number of hydrogen-bond acceptors (Lipinski definition) is 5. The minimum absolute atomic E-state index is 0.0608. The topological polar surface area (TPSA) is 73.1 Å². The number of aromatic nitrogens is 2. The molecule has 104 valence electrons. The Morgan fingerprint density at radius 3 is 2.74 bits per heavy atom. The van der Waals surface area contributed by atoms with Crippen LogP contribution in [0.4, 0.5) is 5.95 Å². The van der Waals surface area contributed by atoms with Gasteiger partial charge in [-0.3, -0.25) is 0 Å². The fourth-order valence-corrected chi connectivity index (χ4v) is 2.55. The summed E-state index contributed by atoms with van der Waals surface area (Å²) in [6.07, 6.45) is 1.22. The van der Waals surface area contributed by atoms with E-state index in [0.29, 0.717) is 17.7 Å². The number of nitrogens with one attached hydrogen (secondary N) is 1. The highest BCUT2D eigenvalue weighted by Gasteiger charge is 2.48. The van der Waals surface area contributed by atoms with Gasteiger partial charge >= 0.3 is 0 Å². The summed E-state index contributed by atoms with van der Waals surface area (Å²) in [5.74, 6) is 0.579.